The van der Waals surface area contributed by atoms with E-state index < -0.39 is 0 Å². The molecule has 78 valence electrons. The van der Waals surface area contributed by atoms with Crippen molar-refractivity contribution in [2.24, 2.45) is 17.8 Å². The van der Waals surface area contributed by atoms with Crippen LogP contribution in [-0.2, 0) is 9.47 Å². The highest BCUT2D eigenvalue weighted by molar-refractivity contribution is 4.79. The molecule has 1 aliphatic rings. The van der Waals surface area contributed by atoms with Gasteiger partial charge in [0.1, 0.15) is 0 Å². The number of methoxy groups -OCH3 is 2. The van der Waals surface area contributed by atoms with Crippen LogP contribution in [0.4, 0.5) is 0 Å². The van der Waals surface area contributed by atoms with Gasteiger partial charge in [-0.05, 0) is 24.2 Å². The third-order valence-corrected chi connectivity index (χ3v) is 3.31. The topological polar surface area (TPSA) is 18.5 Å². The fourth-order valence-electron chi connectivity index (χ4n) is 2.51. The molecule has 1 fully saturated rings. The molecule has 1 aliphatic carbocycles. The van der Waals surface area contributed by atoms with Crippen LogP contribution < -0.4 is 0 Å². The summed E-state index contributed by atoms with van der Waals surface area (Å²) < 4.78 is 10.5. The summed E-state index contributed by atoms with van der Waals surface area (Å²) >= 11 is 0. The molecule has 2 heteroatoms. The van der Waals surface area contributed by atoms with Crippen LogP contribution in [0.1, 0.15) is 26.2 Å². The van der Waals surface area contributed by atoms with E-state index in [1.54, 1.807) is 14.2 Å². The van der Waals surface area contributed by atoms with E-state index in [1.807, 2.05) is 0 Å². The highest BCUT2D eigenvalue weighted by Gasteiger charge is 2.30. The van der Waals surface area contributed by atoms with Crippen LogP contribution in [0.25, 0.3) is 0 Å². The van der Waals surface area contributed by atoms with Gasteiger partial charge in [-0.1, -0.05) is 19.8 Å². The summed E-state index contributed by atoms with van der Waals surface area (Å²) in [5.41, 5.74) is 0. The van der Waals surface area contributed by atoms with Gasteiger partial charge in [0.05, 0.1) is 0 Å². The molecule has 0 aromatic heterocycles. The maximum atomic E-state index is 5.27. The lowest BCUT2D eigenvalue weighted by atomic mass is 9.73. The molecule has 0 aromatic carbocycles. The van der Waals surface area contributed by atoms with Crippen molar-refractivity contribution < 1.29 is 9.47 Å². The molecule has 0 bridgehead atoms. The monoisotopic (exact) mass is 186 g/mol. The lowest BCUT2D eigenvalue weighted by Gasteiger charge is -2.35. The van der Waals surface area contributed by atoms with Gasteiger partial charge in [-0.3, -0.25) is 0 Å². The molecule has 0 aliphatic heterocycles. The summed E-state index contributed by atoms with van der Waals surface area (Å²) in [6.07, 6.45) is 4.02. The van der Waals surface area contributed by atoms with Crippen LogP contribution in [0.2, 0.25) is 0 Å². The van der Waals surface area contributed by atoms with E-state index >= 15 is 0 Å². The van der Waals surface area contributed by atoms with Crippen molar-refractivity contribution in [3.63, 3.8) is 0 Å². The Morgan fingerprint density at radius 3 is 2.38 bits per heavy atom. The Bertz CT molecular complexity index is 134. The average molecular weight is 186 g/mol. The quantitative estimate of drug-likeness (QED) is 0.671. The first-order valence-electron chi connectivity index (χ1n) is 5.27. The lowest BCUT2D eigenvalue weighted by Crippen LogP contribution is -2.32. The van der Waals surface area contributed by atoms with E-state index in [0.717, 1.165) is 19.1 Å². The summed E-state index contributed by atoms with van der Waals surface area (Å²) in [7, 11) is 3.59. The summed E-state index contributed by atoms with van der Waals surface area (Å²) in [6.45, 7) is 4.14. The summed E-state index contributed by atoms with van der Waals surface area (Å²) in [5.74, 6) is 2.22. The highest BCUT2D eigenvalue weighted by atomic mass is 16.5. The third kappa shape index (κ3) is 2.96. The Labute approximate surface area is 81.6 Å². The molecular formula is C11H22O2. The normalized spacial score (nSPS) is 34.8. The van der Waals surface area contributed by atoms with Gasteiger partial charge in [0.2, 0.25) is 0 Å². The van der Waals surface area contributed by atoms with Gasteiger partial charge in [-0.25, -0.2) is 0 Å². The van der Waals surface area contributed by atoms with Crippen molar-refractivity contribution in [1.82, 2.24) is 0 Å². The van der Waals surface area contributed by atoms with Crippen LogP contribution in [0.3, 0.4) is 0 Å². The second kappa shape index (κ2) is 5.61. The second-order valence-electron chi connectivity index (χ2n) is 4.24. The number of hydrogen-bond acceptors (Lipinski definition) is 2. The molecule has 0 saturated heterocycles. The molecule has 0 amide bonds. The minimum Gasteiger partial charge on any atom is -0.384 e. The molecule has 0 N–H and O–H groups in total. The van der Waals surface area contributed by atoms with Crippen molar-refractivity contribution in [3.05, 3.63) is 0 Å². The molecule has 0 radical (unpaired) electrons. The maximum Gasteiger partial charge on any atom is 0.0496 e. The van der Waals surface area contributed by atoms with Crippen molar-refractivity contribution >= 4 is 0 Å². The highest BCUT2D eigenvalue weighted by Crippen LogP contribution is 2.34. The van der Waals surface area contributed by atoms with Crippen molar-refractivity contribution in [2.75, 3.05) is 27.4 Å². The third-order valence-electron chi connectivity index (χ3n) is 3.31. The molecule has 3 unspecified atom stereocenters. The smallest absolute Gasteiger partial charge is 0.0496 e. The van der Waals surface area contributed by atoms with Gasteiger partial charge in [0.15, 0.2) is 0 Å². The first kappa shape index (κ1) is 11.0. The maximum absolute atomic E-state index is 5.27. The van der Waals surface area contributed by atoms with Crippen LogP contribution in [0.15, 0.2) is 0 Å². The standard InChI is InChI=1S/C11H22O2/c1-9-5-4-6-10(7-12-2)11(9)8-13-3/h9-11H,4-8H2,1-3H3. The lowest BCUT2D eigenvalue weighted by molar-refractivity contribution is 0.0196. The number of hydrogen-bond donors (Lipinski definition) is 0. The van der Waals surface area contributed by atoms with Crippen LogP contribution in [0, 0.1) is 17.8 Å². The Morgan fingerprint density at radius 1 is 1.08 bits per heavy atom. The fraction of sp³-hybridized carbons (Fsp3) is 1.00. The van der Waals surface area contributed by atoms with E-state index in [-0.39, 0.29) is 0 Å². The van der Waals surface area contributed by atoms with Gasteiger partial charge in [-0.15, -0.1) is 0 Å². The van der Waals surface area contributed by atoms with Crippen LogP contribution >= 0.6 is 0 Å². The number of rotatable bonds is 4. The molecule has 2 nitrogen and oxygen atoms in total. The van der Waals surface area contributed by atoms with Gasteiger partial charge < -0.3 is 9.47 Å². The Hall–Kier alpha value is -0.0800. The predicted molar refractivity (Wildman–Crippen MR) is 53.7 cm³/mol. The zero-order valence-electron chi connectivity index (χ0n) is 9.08. The molecule has 1 rings (SSSR count). The zero-order chi connectivity index (χ0) is 9.68. The van der Waals surface area contributed by atoms with E-state index in [9.17, 15) is 0 Å². The Kier molecular flexibility index (Phi) is 4.74. The molecule has 0 aromatic rings. The first-order valence-corrected chi connectivity index (χ1v) is 5.27. The van der Waals surface area contributed by atoms with E-state index in [4.69, 9.17) is 9.47 Å². The Morgan fingerprint density at radius 2 is 1.77 bits per heavy atom. The first-order chi connectivity index (χ1) is 6.29. The van der Waals surface area contributed by atoms with Gasteiger partial charge in [0.25, 0.3) is 0 Å². The molecular weight excluding hydrogens is 164 g/mol. The largest absolute Gasteiger partial charge is 0.384 e. The molecule has 13 heavy (non-hydrogen) atoms. The average Bonchev–Trinajstić information content (AvgIpc) is 2.11. The summed E-state index contributed by atoms with van der Waals surface area (Å²) in [6, 6.07) is 0. The van der Waals surface area contributed by atoms with Gasteiger partial charge in [0, 0.05) is 27.4 Å². The summed E-state index contributed by atoms with van der Waals surface area (Å²) in [4.78, 5) is 0. The predicted octanol–water partition coefficient (Wildman–Crippen LogP) is 2.33. The SMILES string of the molecule is COCC1CCCC(C)C1COC. The van der Waals surface area contributed by atoms with Crippen molar-refractivity contribution in [2.45, 2.75) is 26.2 Å². The fourth-order valence-corrected chi connectivity index (χ4v) is 2.51. The minimum atomic E-state index is 0.707. The van der Waals surface area contributed by atoms with Crippen molar-refractivity contribution in [1.29, 1.82) is 0 Å². The van der Waals surface area contributed by atoms with Gasteiger partial charge >= 0.3 is 0 Å². The summed E-state index contributed by atoms with van der Waals surface area (Å²) in [5, 5.41) is 0. The molecule has 3 atom stereocenters. The van der Waals surface area contributed by atoms with Crippen LogP contribution in [0.5, 0.6) is 0 Å². The Balaban J connectivity index is 2.46. The number of ether oxygens (including phenoxy) is 2. The van der Waals surface area contributed by atoms with Crippen molar-refractivity contribution in [3.8, 4) is 0 Å². The van der Waals surface area contributed by atoms with Gasteiger partial charge in [-0.2, -0.15) is 0 Å². The van der Waals surface area contributed by atoms with E-state index in [1.165, 1.54) is 19.3 Å². The minimum absolute atomic E-state index is 0.707. The molecule has 0 heterocycles. The van der Waals surface area contributed by atoms with Crippen LogP contribution in [-0.4, -0.2) is 27.4 Å². The van der Waals surface area contributed by atoms with E-state index in [0.29, 0.717) is 11.8 Å². The van der Waals surface area contributed by atoms with E-state index in [2.05, 4.69) is 6.92 Å². The molecule has 1 saturated carbocycles. The zero-order valence-corrected chi connectivity index (χ0v) is 9.08. The second-order valence-corrected chi connectivity index (χ2v) is 4.24. The molecule has 0 spiro atoms.